The molecular weight excluding hydrogens is 502 g/mol. The minimum absolute atomic E-state index is 0.0353. The van der Waals surface area contributed by atoms with E-state index >= 15 is 0 Å². The number of amides is 1. The molecule has 0 bridgehead atoms. The number of benzene rings is 1. The van der Waals surface area contributed by atoms with Crippen LogP contribution in [0.2, 0.25) is 5.02 Å². The molecule has 0 atom stereocenters. The van der Waals surface area contributed by atoms with Crippen LogP contribution in [0.4, 0.5) is 37.8 Å². The molecule has 0 aliphatic carbocycles. The van der Waals surface area contributed by atoms with Crippen molar-refractivity contribution in [2.75, 3.05) is 23.3 Å². The zero-order valence-electron chi connectivity index (χ0n) is 17.8. The summed E-state index contributed by atoms with van der Waals surface area (Å²) in [6, 6.07) is 3.89. The summed E-state index contributed by atoms with van der Waals surface area (Å²) in [5.41, 5.74) is 3.32. The molecule has 186 valence electrons. The number of amidine groups is 1. The molecule has 3 rings (SSSR count). The maximum atomic E-state index is 14.0. The molecule has 1 fully saturated rings. The van der Waals surface area contributed by atoms with Gasteiger partial charge in [-0.1, -0.05) is 11.6 Å². The summed E-state index contributed by atoms with van der Waals surface area (Å²) >= 11 is 5.76. The van der Waals surface area contributed by atoms with Crippen LogP contribution >= 0.6 is 11.6 Å². The van der Waals surface area contributed by atoms with E-state index in [1.165, 1.54) is 11.1 Å². The van der Waals surface area contributed by atoms with Crippen molar-refractivity contribution in [2.45, 2.75) is 31.4 Å². The molecule has 2 aromatic rings. The van der Waals surface area contributed by atoms with Crippen molar-refractivity contribution in [3.63, 3.8) is 0 Å². The monoisotopic (exact) mass is 518 g/mol. The van der Waals surface area contributed by atoms with E-state index in [1.807, 2.05) is 0 Å². The quantitative estimate of drug-likeness (QED) is 0.257. The fourth-order valence-corrected chi connectivity index (χ4v) is 3.73. The fraction of sp³-hybridized carbons (Fsp3) is 0.333. The van der Waals surface area contributed by atoms with Crippen LogP contribution in [0.1, 0.15) is 40.9 Å². The van der Waals surface area contributed by atoms with E-state index in [1.54, 1.807) is 0 Å². The Kier molecular flexibility index (Phi) is 7.44. The molecule has 1 aromatic heterocycles. The standard InChI is InChI=1S/C21H17ClF6N6O/c22-14-9-13(19(35)32-11-2-3-15(23)12(8-11)17(30)31-10-29)18(33-16(14)21(26,27)28)34-6-1-4-20(24,25)5-7-34/h2-3,8-9H,1,4-7H2,(H2,30,31)(H,32,35). The van der Waals surface area contributed by atoms with Crippen LogP contribution < -0.4 is 16.0 Å². The number of nitrogens with zero attached hydrogens (tertiary/aromatic N) is 4. The summed E-state index contributed by atoms with van der Waals surface area (Å²) in [6.45, 7) is -0.412. The second kappa shape index (κ2) is 9.99. The second-order valence-electron chi connectivity index (χ2n) is 7.63. The number of aromatic nitrogens is 1. The second-order valence-corrected chi connectivity index (χ2v) is 8.04. The van der Waals surface area contributed by atoms with E-state index in [4.69, 9.17) is 22.6 Å². The van der Waals surface area contributed by atoms with Crippen molar-refractivity contribution in [3.8, 4) is 6.19 Å². The van der Waals surface area contributed by atoms with Gasteiger partial charge in [-0.05, 0) is 30.7 Å². The number of halogens is 7. The average Bonchev–Trinajstić information content (AvgIpc) is 2.94. The number of carbonyl (C=O) groups is 1. The molecule has 1 saturated heterocycles. The van der Waals surface area contributed by atoms with Gasteiger partial charge in [-0.3, -0.25) is 4.79 Å². The van der Waals surface area contributed by atoms with Crippen LogP contribution in [-0.2, 0) is 6.18 Å². The Morgan fingerprint density at radius 3 is 2.60 bits per heavy atom. The van der Waals surface area contributed by atoms with Crippen LogP contribution in [0.25, 0.3) is 0 Å². The fourth-order valence-electron chi connectivity index (χ4n) is 3.47. The molecule has 0 saturated carbocycles. The SMILES string of the molecule is N#CN=C(N)c1cc(NC(=O)c2cc(Cl)c(C(F)(F)F)nc2N2CCCC(F)(F)CC2)ccc1F. The summed E-state index contributed by atoms with van der Waals surface area (Å²) in [5, 5.41) is 10.1. The van der Waals surface area contributed by atoms with Crippen molar-refractivity contribution in [1.82, 2.24) is 4.98 Å². The summed E-state index contributed by atoms with van der Waals surface area (Å²) in [6.07, 6.45) is -4.71. The number of nitrogens with two attached hydrogens (primary N) is 1. The Balaban J connectivity index is 2.03. The number of pyridine rings is 1. The normalized spacial score (nSPS) is 16.4. The van der Waals surface area contributed by atoms with Gasteiger partial charge in [0.15, 0.2) is 5.69 Å². The van der Waals surface area contributed by atoms with Crippen molar-refractivity contribution >= 4 is 34.8 Å². The number of anilines is 2. The Hall–Kier alpha value is -3.53. The molecular formula is C21H17ClF6N6O. The molecule has 3 N–H and O–H groups in total. The average molecular weight is 519 g/mol. The number of nitriles is 1. The van der Waals surface area contributed by atoms with Crippen LogP contribution in [0, 0.1) is 17.3 Å². The highest BCUT2D eigenvalue weighted by Crippen LogP contribution is 2.38. The highest BCUT2D eigenvalue weighted by Gasteiger charge is 2.39. The number of hydrogen-bond donors (Lipinski definition) is 2. The predicted octanol–water partition coefficient (Wildman–Crippen LogP) is 4.96. The van der Waals surface area contributed by atoms with E-state index in [0.717, 1.165) is 24.3 Å². The number of carbonyl (C=O) groups excluding carboxylic acids is 1. The van der Waals surface area contributed by atoms with Gasteiger partial charge in [0.1, 0.15) is 17.5 Å². The Morgan fingerprint density at radius 1 is 1.23 bits per heavy atom. The topological polar surface area (TPSA) is 107 Å². The summed E-state index contributed by atoms with van der Waals surface area (Å²) < 4.78 is 82.0. The Morgan fingerprint density at radius 2 is 1.94 bits per heavy atom. The van der Waals surface area contributed by atoms with Gasteiger partial charge in [0.05, 0.1) is 16.1 Å². The van der Waals surface area contributed by atoms with E-state index in [-0.39, 0.29) is 30.8 Å². The van der Waals surface area contributed by atoms with Crippen molar-refractivity contribution in [1.29, 1.82) is 5.26 Å². The van der Waals surface area contributed by atoms with E-state index in [9.17, 15) is 31.1 Å². The predicted molar refractivity (Wildman–Crippen MR) is 116 cm³/mol. The van der Waals surface area contributed by atoms with Gasteiger partial charge in [0, 0.05) is 31.6 Å². The minimum atomic E-state index is -4.96. The Labute approximate surface area is 200 Å². The third-order valence-corrected chi connectivity index (χ3v) is 5.45. The lowest BCUT2D eigenvalue weighted by Gasteiger charge is -2.25. The third-order valence-electron chi connectivity index (χ3n) is 5.16. The highest BCUT2D eigenvalue weighted by molar-refractivity contribution is 6.32. The zero-order valence-corrected chi connectivity index (χ0v) is 18.5. The van der Waals surface area contributed by atoms with E-state index < -0.39 is 64.6 Å². The zero-order chi connectivity index (χ0) is 26.0. The molecule has 0 unspecified atom stereocenters. The van der Waals surface area contributed by atoms with Crippen molar-refractivity contribution in [2.24, 2.45) is 10.7 Å². The van der Waals surface area contributed by atoms with Gasteiger partial charge >= 0.3 is 6.18 Å². The molecule has 0 radical (unpaired) electrons. The summed E-state index contributed by atoms with van der Waals surface area (Å²) in [5.74, 6) is -5.76. The maximum Gasteiger partial charge on any atom is 0.434 e. The first-order valence-electron chi connectivity index (χ1n) is 10.1. The van der Waals surface area contributed by atoms with E-state index in [0.29, 0.717) is 0 Å². The first-order valence-corrected chi connectivity index (χ1v) is 10.4. The number of nitrogens with one attached hydrogen (secondary N) is 1. The lowest BCUT2D eigenvalue weighted by molar-refractivity contribution is -0.141. The Bertz CT molecular complexity index is 1210. The van der Waals surface area contributed by atoms with E-state index in [2.05, 4.69) is 15.3 Å². The molecule has 1 aliphatic heterocycles. The van der Waals surface area contributed by atoms with Crippen LogP contribution in [0.15, 0.2) is 29.3 Å². The van der Waals surface area contributed by atoms with Gasteiger partial charge in [0.25, 0.3) is 5.91 Å². The first-order chi connectivity index (χ1) is 16.3. The minimum Gasteiger partial charge on any atom is -0.382 e. The molecule has 0 spiro atoms. The van der Waals surface area contributed by atoms with Gasteiger partial charge in [-0.25, -0.2) is 18.2 Å². The summed E-state index contributed by atoms with van der Waals surface area (Å²) in [7, 11) is 0. The van der Waals surface area contributed by atoms with Gasteiger partial charge in [0.2, 0.25) is 12.1 Å². The largest absolute Gasteiger partial charge is 0.434 e. The molecule has 2 heterocycles. The summed E-state index contributed by atoms with van der Waals surface area (Å²) in [4.78, 5) is 20.9. The number of alkyl halides is 5. The van der Waals surface area contributed by atoms with Crippen LogP contribution in [0.3, 0.4) is 0 Å². The number of hydrogen-bond acceptors (Lipinski definition) is 5. The number of aliphatic imine (C=N–C) groups is 1. The van der Waals surface area contributed by atoms with Gasteiger partial charge < -0.3 is 16.0 Å². The van der Waals surface area contributed by atoms with Crippen LogP contribution in [0.5, 0.6) is 0 Å². The van der Waals surface area contributed by atoms with Gasteiger partial charge in [-0.2, -0.15) is 23.4 Å². The highest BCUT2D eigenvalue weighted by atomic mass is 35.5. The molecule has 14 heteroatoms. The van der Waals surface area contributed by atoms with Gasteiger partial charge in [-0.15, -0.1) is 0 Å². The van der Waals surface area contributed by atoms with Crippen LogP contribution in [-0.4, -0.2) is 35.7 Å². The molecule has 1 aromatic carbocycles. The third kappa shape index (κ3) is 6.13. The number of rotatable bonds is 4. The lowest BCUT2D eigenvalue weighted by atomic mass is 10.1. The first kappa shape index (κ1) is 26.1. The smallest absolute Gasteiger partial charge is 0.382 e. The van der Waals surface area contributed by atoms with Crippen molar-refractivity contribution in [3.05, 3.63) is 51.9 Å². The molecule has 1 aliphatic rings. The molecule has 1 amide bonds. The molecule has 35 heavy (non-hydrogen) atoms. The lowest BCUT2D eigenvalue weighted by Crippen LogP contribution is -2.30. The molecule has 7 nitrogen and oxygen atoms in total. The van der Waals surface area contributed by atoms with Crippen molar-refractivity contribution < 1.29 is 31.1 Å². The maximum absolute atomic E-state index is 14.0.